The molecule has 1 aromatic carbocycles. The largest absolute Gasteiger partial charge is 0.296 e. The van der Waals surface area contributed by atoms with Gasteiger partial charge < -0.3 is 0 Å². The average molecular weight is 386 g/mol. The fourth-order valence-electron chi connectivity index (χ4n) is 5.86. The van der Waals surface area contributed by atoms with Crippen LogP contribution in [0.15, 0.2) is 29.2 Å². The van der Waals surface area contributed by atoms with Crippen molar-refractivity contribution in [3.05, 3.63) is 34.8 Å². The molecule has 4 saturated carbocycles. The summed E-state index contributed by atoms with van der Waals surface area (Å²) >= 11 is 3.18. The molecule has 4 aliphatic carbocycles. The molecule has 2 aromatic rings. The van der Waals surface area contributed by atoms with Gasteiger partial charge in [-0.15, -0.1) is 22.0 Å². The summed E-state index contributed by atoms with van der Waals surface area (Å²) in [6.07, 6.45) is 10.1. The van der Waals surface area contributed by atoms with Gasteiger partial charge in [-0.05, 0) is 74.7 Å². The molecule has 4 nitrogen and oxygen atoms in total. The minimum absolute atomic E-state index is 0.0943. The van der Waals surface area contributed by atoms with Gasteiger partial charge in [-0.2, -0.15) is 0 Å². The first-order valence-corrected chi connectivity index (χ1v) is 11.5. The highest BCUT2D eigenvalue weighted by Crippen LogP contribution is 2.61. The average Bonchev–Trinajstić information content (AvgIpc) is 3.10. The number of hydrogen-bond donors (Lipinski definition) is 1. The quantitative estimate of drug-likeness (QED) is 0.754. The Morgan fingerprint density at radius 3 is 2.42 bits per heavy atom. The number of aromatic nitrogens is 2. The number of carbonyl (C=O) groups excluding carboxylic acids is 1. The predicted octanol–water partition coefficient (Wildman–Crippen LogP) is 4.98. The van der Waals surface area contributed by atoms with Crippen molar-refractivity contribution in [1.29, 1.82) is 0 Å². The van der Waals surface area contributed by atoms with Gasteiger partial charge in [-0.1, -0.05) is 23.5 Å². The first-order chi connectivity index (χ1) is 12.6. The Labute approximate surface area is 162 Å². The number of benzene rings is 1. The second-order valence-electron chi connectivity index (χ2n) is 8.26. The zero-order valence-electron chi connectivity index (χ0n) is 14.9. The monoisotopic (exact) mass is 385 g/mol. The molecule has 1 amide bonds. The number of carbonyl (C=O) groups is 1. The van der Waals surface area contributed by atoms with Crippen LogP contribution in [-0.4, -0.2) is 22.4 Å². The van der Waals surface area contributed by atoms with E-state index >= 15 is 0 Å². The molecule has 0 radical (unpaired) electrons. The third-order valence-corrected chi connectivity index (χ3v) is 8.37. The summed E-state index contributed by atoms with van der Waals surface area (Å²) in [7, 11) is 0. The summed E-state index contributed by atoms with van der Waals surface area (Å²) in [5.41, 5.74) is 0.943. The molecule has 0 saturated heterocycles. The maximum Gasteiger partial charge on any atom is 0.258 e. The lowest BCUT2D eigenvalue weighted by Gasteiger charge is -2.55. The summed E-state index contributed by atoms with van der Waals surface area (Å²) in [5.74, 6) is 2.56. The molecule has 26 heavy (non-hydrogen) atoms. The van der Waals surface area contributed by atoms with Crippen LogP contribution in [0.25, 0.3) is 0 Å². The van der Waals surface area contributed by atoms with Crippen molar-refractivity contribution < 1.29 is 4.79 Å². The fraction of sp³-hybridized carbons (Fsp3) is 0.550. The van der Waals surface area contributed by atoms with E-state index in [1.165, 1.54) is 38.5 Å². The van der Waals surface area contributed by atoms with Gasteiger partial charge in [0.2, 0.25) is 5.13 Å². The number of nitrogens with zero attached hydrogens (tertiary/aromatic N) is 2. The summed E-state index contributed by atoms with van der Waals surface area (Å²) in [6, 6.07) is 7.69. The van der Waals surface area contributed by atoms with Crippen LogP contribution in [0.4, 0.5) is 5.13 Å². The number of thioether (sulfide) groups is 1. The van der Waals surface area contributed by atoms with Crippen LogP contribution >= 0.6 is 23.1 Å². The van der Waals surface area contributed by atoms with Crippen molar-refractivity contribution in [2.45, 2.75) is 48.8 Å². The van der Waals surface area contributed by atoms with Gasteiger partial charge in [-0.25, -0.2) is 0 Å². The predicted molar refractivity (Wildman–Crippen MR) is 106 cm³/mol. The number of nitrogens with one attached hydrogen (secondary N) is 1. The van der Waals surface area contributed by atoms with Crippen molar-refractivity contribution in [3.63, 3.8) is 0 Å². The third kappa shape index (κ3) is 2.78. The lowest BCUT2D eigenvalue weighted by atomic mass is 9.50. The van der Waals surface area contributed by atoms with Gasteiger partial charge in [-0.3, -0.25) is 10.1 Å². The summed E-state index contributed by atoms with van der Waals surface area (Å²) in [5, 5.41) is 13.6. The van der Waals surface area contributed by atoms with Crippen LogP contribution < -0.4 is 5.32 Å². The topological polar surface area (TPSA) is 54.9 Å². The van der Waals surface area contributed by atoms with E-state index in [4.69, 9.17) is 0 Å². The van der Waals surface area contributed by atoms with Crippen LogP contribution in [0, 0.1) is 17.8 Å². The van der Waals surface area contributed by atoms with Crippen LogP contribution in [0.1, 0.15) is 53.9 Å². The second kappa shape index (κ2) is 6.34. The highest BCUT2D eigenvalue weighted by molar-refractivity contribution is 7.98. The maximum atomic E-state index is 12.7. The van der Waals surface area contributed by atoms with Crippen LogP contribution in [0.3, 0.4) is 0 Å². The van der Waals surface area contributed by atoms with Gasteiger partial charge in [0, 0.05) is 10.3 Å². The minimum atomic E-state index is -0.0943. The van der Waals surface area contributed by atoms with E-state index in [1.807, 2.05) is 30.5 Å². The minimum Gasteiger partial charge on any atom is -0.296 e. The van der Waals surface area contributed by atoms with E-state index in [9.17, 15) is 4.79 Å². The van der Waals surface area contributed by atoms with E-state index in [-0.39, 0.29) is 11.3 Å². The van der Waals surface area contributed by atoms with E-state index in [2.05, 4.69) is 15.5 Å². The molecule has 4 fully saturated rings. The number of rotatable bonds is 4. The van der Waals surface area contributed by atoms with Crippen molar-refractivity contribution in [1.82, 2.24) is 10.2 Å². The lowest BCUT2D eigenvalue weighted by molar-refractivity contribution is -0.00555. The molecule has 4 aliphatic rings. The van der Waals surface area contributed by atoms with Crippen LogP contribution in [0.2, 0.25) is 0 Å². The first kappa shape index (κ1) is 16.8. The molecule has 136 valence electrons. The van der Waals surface area contributed by atoms with Crippen molar-refractivity contribution in [3.8, 4) is 0 Å². The Kier molecular flexibility index (Phi) is 4.09. The Morgan fingerprint density at radius 1 is 1.12 bits per heavy atom. The van der Waals surface area contributed by atoms with E-state index < -0.39 is 0 Å². The maximum absolute atomic E-state index is 12.7. The number of anilines is 1. The molecule has 6 rings (SSSR count). The Balaban J connectivity index is 1.37. The molecule has 0 aliphatic heterocycles. The summed E-state index contributed by atoms with van der Waals surface area (Å²) in [4.78, 5) is 13.6. The fourth-order valence-corrected chi connectivity index (χ4v) is 7.41. The Bertz CT molecular complexity index is 812. The molecule has 0 unspecified atom stereocenters. The molecular weight excluding hydrogens is 362 g/mol. The van der Waals surface area contributed by atoms with Crippen molar-refractivity contribution in [2.75, 3.05) is 11.6 Å². The highest BCUT2D eigenvalue weighted by atomic mass is 32.2. The molecule has 0 atom stereocenters. The van der Waals surface area contributed by atoms with Gasteiger partial charge in [0.25, 0.3) is 5.91 Å². The summed E-state index contributed by atoms with van der Waals surface area (Å²) in [6.45, 7) is 0. The van der Waals surface area contributed by atoms with Crippen LogP contribution in [-0.2, 0) is 5.41 Å². The smallest absolute Gasteiger partial charge is 0.258 e. The molecule has 1 aromatic heterocycles. The van der Waals surface area contributed by atoms with Gasteiger partial charge in [0.15, 0.2) is 0 Å². The zero-order valence-corrected chi connectivity index (χ0v) is 16.5. The molecular formula is C20H23N3OS2. The third-order valence-electron chi connectivity index (χ3n) is 6.49. The zero-order chi connectivity index (χ0) is 17.7. The van der Waals surface area contributed by atoms with Crippen molar-refractivity contribution in [2.24, 2.45) is 17.8 Å². The molecule has 6 heteroatoms. The van der Waals surface area contributed by atoms with E-state index in [1.54, 1.807) is 23.1 Å². The number of amides is 1. The Morgan fingerprint density at radius 2 is 1.77 bits per heavy atom. The van der Waals surface area contributed by atoms with Gasteiger partial charge >= 0.3 is 0 Å². The highest BCUT2D eigenvalue weighted by Gasteiger charge is 2.53. The normalized spacial score (nSPS) is 32.0. The molecule has 4 bridgehead atoms. The van der Waals surface area contributed by atoms with Crippen molar-refractivity contribution >= 4 is 34.1 Å². The van der Waals surface area contributed by atoms with Crippen LogP contribution in [0.5, 0.6) is 0 Å². The second-order valence-corrected chi connectivity index (χ2v) is 10.1. The van der Waals surface area contributed by atoms with E-state index in [0.29, 0.717) is 10.7 Å². The van der Waals surface area contributed by atoms with E-state index in [0.717, 1.165) is 27.7 Å². The SMILES string of the molecule is CSc1ccccc1C(=O)Nc1nnc(C23CC4CC(CC(C4)C2)C3)s1. The van der Waals surface area contributed by atoms with Gasteiger partial charge in [0.1, 0.15) is 5.01 Å². The standard InChI is InChI=1S/C20H23N3OS2/c1-25-16-5-3-2-4-15(16)17(24)21-19-23-22-18(26-19)20-9-12-6-13(10-20)8-14(7-12)11-20/h2-5,12-14H,6-11H2,1H3,(H,21,23,24). The lowest BCUT2D eigenvalue weighted by Crippen LogP contribution is -2.48. The summed E-state index contributed by atoms with van der Waals surface area (Å²) < 4.78 is 0. The number of hydrogen-bond acceptors (Lipinski definition) is 5. The molecule has 0 spiro atoms. The molecule has 1 N–H and O–H groups in total. The first-order valence-electron chi connectivity index (χ1n) is 9.43. The Hall–Kier alpha value is -1.40. The molecule has 1 heterocycles. The van der Waals surface area contributed by atoms with Gasteiger partial charge in [0.05, 0.1) is 5.56 Å².